The molecule has 2 aromatic rings. The maximum absolute atomic E-state index is 12.7. The molecule has 2 aromatic carbocycles. The molecule has 2 amide bonds. The van der Waals surface area contributed by atoms with Crippen LogP contribution in [0.4, 0.5) is 0 Å². The first-order valence-corrected chi connectivity index (χ1v) is 10.8. The van der Waals surface area contributed by atoms with Crippen LogP contribution >= 0.6 is 0 Å². The molecule has 1 aliphatic heterocycles. The molecule has 0 radical (unpaired) electrons. The fourth-order valence-electron chi connectivity index (χ4n) is 3.62. The molecule has 1 saturated heterocycles. The third kappa shape index (κ3) is 7.16. The highest BCUT2D eigenvalue weighted by atomic mass is 16.2. The van der Waals surface area contributed by atoms with Crippen LogP contribution in [0.1, 0.15) is 42.9 Å². The van der Waals surface area contributed by atoms with Gasteiger partial charge in [0.2, 0.25) is 11.8 Å². The summed E-state index contributed by atoms with van der Waals surface area (Å²) in [4.78, 5) is 27.0. The molecule has 1 heterocycles. The largest absolute Gasteiger partial charge is 0.356 e. The van der Waals surface area contributed by atoms with E-state index in [9.17, 15) is 9.59 Å². The second kappa shape index (κ2) is 11.9. The summed E-state index contributed by atoms with van der Waals surface area (Å²) in [6.07, 6.45) is 6.53. The lowest BCUT2D eigenvalue weighted by molar-refractivity contribution is -0.126. The minimum Gasteiger partial charge on any atom is -0.356 e. The molecule has 0 aliphatic carbocycles. The van der Waals surface area contributed by atoms with Crippen LogP contribution in [0, 0.1) is 0 Å². The van der Waals surface area contributed by atoms with Crippen molar-refractivity contribution in [3.8, 4) is 0 Å². The number of carbonyl (C=O) groups is 2. The lowest BCUT2D eigenvalue weighted by Gasteiger charge is -2.22. The highest BCUT2D eigenvalue weighted by molar-refractivity contribution is 5.91. The average Bonchev–Trinajstić information content (AvgIpc) is 2.80. The molecule has 0 bridgehead atoms. The van der Waals surface area contributed by atoms with Gasteiger partial charge in [0.25, 0.3) is 0 Å². The van der Waals surface area contributed by atoms with E-state index in [0.717, 1.165) is 36.9 Å². The predicted octanol–water partition coefficient (Wildman–Crippen LogP) is 3.55. The molecule has 1 unspecified atom stereocenters. The minimum atomic E-state index is -0.0194. The van der Waals surface area contributed by atoms with Crippen molar-refractivity contribution in [2.24, 2.45) is 0 Å². The van der Waals surface area contributed by atoms with E-state index >= 15 is 0 Å². The molecule has 0 saturated carbocycles. The van der Waals surface area contributed by atoms with E-state index in [0.29, 0.717) is 26.1 Å². The first-order valence-electron chi connectivity index (χ1n) is 10.8. The maximum atomic E-state index is 12.7. The Bertz CT molecular complexity index is 821. The molecule has 158 valence electrons. The molecule has 3 rings (SSSR count). The third-order valence-corrected chi connectivity index (χ3v) is 5.29. The van der Waals surface area contributed by atoms with Gasteiger partial charge in [0, 0.05) is 38.2 Å². The van der Waals surface area contributed by atoms with Crippen molar-refractivity contribution in [1.29, 1.82) is 0 Å². The molecular formula is C25H31N3O2. The van der Waals surface area contributed by atoms with Gasteiger partial charge in [0.05, 0.1) is 0 Å². The number of benzene rings is 2. The number of carbonyl (C=O) groups excluding carboxylic acids is 2. The Morgan fingerprint density at radius 3 is 2.37 bits per heavy atom. The third-order valence-electron chi connectivity index (χ3n) is 5.29. The van der Waals surface area contributed by atoms with Gasteiger partial charge in [-0.3, -0.25) is 9.59 Å². The Kier molecular flexibility index (Phi) is 8.66. The van der Waals surface area contributed by atoms with Gasteiger partial charge in [-0.15, -0.1) is 0 Å². The van der Waals surface area contributed by atoms with Crippen LogP contribution in [0.2, 0.25) is 0 Å². The topological polar surface area (TPSA) is 61.4 Å². The molecule has 1 atom stereocenters. The fraction of sp³-hybridized carbons (Fsp3) is 0.360. The second-order valence-electron chi connectivity index (χ2n) is 7.60. The van der Waals surface area contributed by atoms with E-state index in [1.807, 2.05) is 71.6 Å². The lowest BCUT2D eigenvalue weighted by atomic mass is 10.0. The van der Waals surface area contributed by atoms with Crippen LogP contribution in [0.3, 0.4) is 0 Å². The molecule has 30 heavy (non-hydrogen) atoms. The second-order valence-corrected chi connectivity index (χ2v) is 7.60. The Labute approximate surface area is 179 Å². The number of hydrogen-bond donors (Lipinski definition) is 2. The van der Waals surface area contributed by atoms with Crippen molar-refractivity contribution in [2.75, 3.05) is 26.2 Å². The number of rotatable bonds is 3. The quantitative estimate of drug-likeness (QED) is 0.768. The molecular weight excluding hydrogens is 374 g/mol. The van der Waals surface area contributed by atoms with E-state index in [1.54, 1.807) is 6.08 Å². The number of nitrogens with zero attached hydrogens (tertiary/aromatic N) is 1. The van der Waals surface area contributed by atoms with Gasteiger partial charge in [-0.25, -0.2) is 0 Å². The standard InChI is InChI=1S/C25H31N3O2/c29-24-20-23(22-12-5-2-6-13-22)26-17-9-19-28(18-8-7-16-27-24)25(30)15-14-21-10-3-1-4-11-21/h1-6,10-15,23,26H,7-9,16-20H2,(H,27,29)/b15-14+. The van der Waals surface area contributed by atoms with E-state index in [4.69, 9.17) is 0 Å². The van der Waals surface area contributed by atoms with Crippen molar-refractivity contribution in [3.05, 3.63) is 77.9 Å². The van der Waals surface area contributed by atoms with Crippen LogP contribution in [0.15, 0.2) is 66.7 Å². The van der Waals surface area contributed by atoms with Crippen molar-refractivity contribution < 1.29 is 9.59 Å². The van der Waals surface area contributed by atoms with Gasteiger partial charge < -0.3 is 15.5 Å². The smallest absolute Gasteiger partial charge is 0.246 e. The number of nitrogens with one attached hydrogen (secondary N) is 2. The van der Waals surface area contributed by atoms with Gasteiger partial charge in [0.1, 0.15) is 0 Å². The highest BCUT2D eigenvalue weighted by Gasteiger charge is 2.17. The summed E-state index contributed by atoms with van der Waals surface area (Å²) in [6, 6.07) is 19.9. The molecule has 1 fully saturated rings. The zero-order chi connectivity index (χ0) is 21.0. The number of amides is 2. The predicted molar refractivity (Wildman–Crippen MR) is 121 cm³/mol. The molecule has 0 aromatic heterocycles. The van der Waals surface area contributed by atoms with Crippen LogP contribution < -0.4 is 10.6 Å². The Hall–Kier alpha value is -2.92. The Morgan fingerprint density at radius 2 is 1.60 bits per heavy atom. The van der Waals surface area contributed by atoms with Crippen LogP contribution in [0.5, 0.6) is 0 Å². The molecule has 1 aliphatic rings. The monoisotopic (exact) mass is 405 g/mol. The zero-order valence-electron chi connectivity index (χ0n) is 17.4. The average molecular weight is 406 g/mol. The first kappa shape index (κ1) is 21.8. The lowest BCUT2D eigenvalue weighted by Crippen LogP contribution is -2.34. The minimum absolute atomic E-state index is 0.0194. The zero-order valence-corrected chi connectivity index (χ0v) is 17.4. The summed E-state index contributed by atoms with van der Waals surface area (Å²) >= 11 is 0. The van der Waals surface area contributed by atoms with E-state index < -0.39 is 0 Å². The summed E-state index contributed by atoms with van der Waals surface area (Å²) in [5.41, 5.74) is 2.13. The summed E-state index contributed by atoms with van der Waals surface area (Å²) in [5.74, 6) is 0.103. The SMILES string of the molecule is O=C1CC(c2ccccc2)NCCCN(C(=O)/C=C/c2ccccc2)CCCCN1. The first-order chi connectivity index (χ1) is 14.7. The molecule has 5 heteroatoms. The summed E-state index contributed by atoms with van der Waals surface area (Å²) in [6.45, 7) is 2.80. The molecule has 2 N–H and O–H groups in total. The summed E-state index contributed by atoms with van der Waals surface area (Å²) < 4.78 is 0. The van der Waals surface area contributed by atoms with Crippen molar-refractivity contribution in [3.63, 3.8) is 0 Å². The van der Waals surface area contributed by atoms with Crippen molar-refractivity contribution >= 4 is 17.9 Å². The maximum Gasteiger partial charge on any atom is 0.246 e. The Balaban J connectivity index is 1.61. The van der Waals surface area contributed by atoms with Gasteiger partial charge in [0.15, 0.2) is 0 Å². The van der Waals surface area contributed by atoms with E-state index in [-0.39, 0.29) is 17.9 Å². The summed E-state index contributed by atoms with van der Waals surface area (Å²) in [7, 11) is 0. The summed E-state index contributed by atoms with van der Waals surface area (Å²) in [5, 5.41) is 6.52. The van der Waals surface area contributed by atoms with E-state index in [2.05, 4.69) is 10.6 Å². The normalized spacial score (nSPS) is 19.4. The molecule has 5 nitrogen and oxygen atoms in total. The fourth-order valence-corrected chi connectivity index (χ4v) is 3.62. The van der Waals surface area contributed by atoms with Crippen molar-refractivity contribution in [1.82, 2.24) is 15.5 Å². The van der Waals surface area contributed by atoms with Crippen molar-refractivity contribution in [2.45, 2.75) is 31.7 Å². The van der Waals surface area contributed by atoms with Gasteiger partial charge in [-0.1, -0.05) is 60.7 Å². The molecule has 0 spiro atoms. The van der Waals surface area contributed by atoms with Gasteiger partial charge >= 0.3 is 0 Å². The number of hydrogen-bond acceptors (Lipinski definition) is 3. The Morgan fingerprint density at radius 1 is 0.900 bits per heavy atom. The van der Waals surface area contributed by atoms with Crippen LogP contribution in [-0.2, 0) is 9.59 Å². The van der Waals surface area contributed by atoms with Gasteiger partial charge in [-0.05, 0) is 43.0 Å². The van der Waals surface area contributed by atoms with Crippen LogP contribution in [0.25, 0.3) is 6.08 Å². The van der Waals surface area contributed by atoms with Crippen LogP contribution in [-0.4, -0.2) is 42.9 Å². The van der Waals surface area contributed by atoms with Gasteiger partial charge in [-0.2, -0.15) is 0 Å². The van der Waals surface area contributed by atoms with E-state index in [1.165, 1.54) is 0 Å². The highest BCUT2D eigenvalue weighted by Crippen LogP contribution is 2.17.